The van der Waals surface area contributed by atoms with E-state index in [-0.39, 0.29) is 18.4 Å². The molecule has 0 bridgehead atoms. The van der Waals surface area contributed by atoms with Crippen LogP contribution in [-0.4, -0.2) is 79.0 Å². The molecule has 0 aliphatic carbocycles. The van der Waals surface area contributed by atoms with Gasteiger partial charge in [-0.3, -0.25) is 14.5 Å². The predicted molar refractivity (Wildman–Crippen MR) is 102 cm³/mol. The number of hydrogen-bond donors (Lipinski definition) is 0. The van der Waals surface area contributed by atoms with Crippen LogP contribution in [0.3, 0.4) is 0 Å². The van der Waals surface area contributed by atoms with E-state index in [2.05, 4.69) is 4.90 Å². The Bertz CT molecular complexity index is 784. The van der Waals surface area contributed by atoms with Gasteiger partial charge in [0.2, 0.25) is 11.8 Å². The van der Waals surface area contributed by atoms with Gasteiger partial charge in [-0.1, -0.05) is 6.07 Å². The summed E-state index contributed by atoms with van der Waals surface area (Å²) in [5.41, 5.74) is 0.119. The number of morpholine rings is 1. The summed E-state index contributed by atoms with van der Waals surface area (Å²) in [4.78, 5) is 31.5. The van der Waals surface area contributed by atoms with Gasteiger partial charge in [0, 0.05) is 32.7 Å². The lowest BCUT2D eigenvalue weighted by Gasteiger charge is -2.39. The summed E-state index contributed by atoms with van der Waals surface area (Å²) in [6, 6.07) is 3.78. The van der Waals surface area contributed by atoms with Crippen molar-refractivity contribution in [3.63, 3.8) is 0 Å². The first-order valence-corrected chi connectivity index (χ1v) is 10.3. The molecule has 0 N–H and O–H groups in total. The van der Waals surface area contributed by atoms with Crippen molar-refractivity contribution in [1.82, 2.24) is 14.7 Å². The van der Waals surface area contributed by atoms with Crippen molar-refractivity contribution in [3.8, 4) is 0 Å². The van der Waals surface area contributed by atoms with Gasteiger partial charge in [-0.2, -0.15) is 0 Å². The Morgan fingerprint density at radius 2 is 1.86 bits per heavy atom. The van der Waals surface area contributed by atoms with Gasteiger partial charge in [0.25, 0.3) is 0 Å². The number of carbonyl (C=O) groups is 2. The van der Waals surface area contributed by atoms with Gasteiger partial charge >= 0.3 is 0 Å². The molecule has 0 radical (unpaired) electrons. The molecule has 1 aromatic rings. The van der Waals surface area contributed by atoms with Crippen molar-refractivity contribution in [2.75, 3.05) is 52.5 Å². The van der Waals surface area contributed by atoms with Crippen molar-refractivity contribution in [3.05, 3.63) is 35.4 Å². The zero-order chi connectivity index (χ0) is 20.4. The van der Waals surface area contributed by atoms with E-state index in [0.717, 1.165) is 37.9 Å². The van der Waals surface area contributed by atoms with Crippen LogP contribution in [0, 0.1) is 17.0 Å². The zero-order valence-corrected chi connectivity index (χ0v) is 16.5. The molecule has 1 spiro atoms. The summed E-state index contributed by atoms with van der Waals surface area (Å²) in [6.07, 6.45) is 2.42. The average Bonchev–Trinajstić information content (AvgIpc) is 3.12. The minimum atomic E-state index is -0.893. The van der Waals surface area contributed by atoms with Crippen LogP contribution in [0.5, 0.6) is 0 Å². The Labute approximate surface area is 169 Å². The lowest BCUT2D eigenvalue weighted by molar-refractivity contribution is -0.147. The number of halogens is 2. The quantitative estimate of drug-likeness (QED) is 0.762. The maximum atomic E-state index is 13.5. The summed E-state index contributed by atoms with van der Waals surface area (Å²) < 4.78 is 32.0. The fourth-order valence-corrected chi connectivity index (χ4v) is 4.74. The van der Waals surface area contributed by atoms with Gasteiger partial charge in [0.1, 0.15) is 0 Å². The molecule has 0 aromatic heterocycles. The third-order valence-electron chi connectivity index (χ3n) is 6.34. The molecule has 3 aliphatic heterocycles. The Morgan fingerprint density at radius 3 is 2.62 bits per heavy atom. The summed E-state index contributed by atoms with van der Waals surface area (Å²) in [7, 11) is 0. The smallest absolute Gasteiger partial charge is 0.236 e. The average molecular weight is 407 g/mol. The van der Waals surface area contributed by atoms with Crippen LogP contribution in [0.4, 0.5) is 8.78 Å². The molecule has 158 valence electrons. The van der Waals surface area contributed by atoms with E-state index in [1.165, 1.54) is 6.07 Å². The number of hydrogen-bond acceptors (Lipinski definition) is 4. The molecular weight excluding hydrogens is 380 g/mol. The van der Waals surface area contributed by atoms with Gasteiger partial charge in [0.05, 0.1) is 25.2 Å². The van der Waals surface area contributed by atoms with E-state index in [0.29, 0.717) is 51.5 Å². The van der Waals surface area contributed by atoms with Crippen LogP contribution in [0.25, 0.3) is 0 Å². The van der Waals surface area contributed by atoms with Crippen LogP contribution in [-0.2, 0) is 20.9 Å². The highest BCUT2D eigenvalue weighted by atomic mass is 19.2. The summed E-state index contributed by atoms with van der Waals surface area (Å²) in [5, 5.41) is 0. The van der Waals surface area contributed by atoms with Crippen molar-refractivity contribution >= 4 is 11.8 Å². The zero-order valence-electron chi connectivity index (χ0n) is 16.5. The number of benzene rings is 1. The maximum absolute atomic E-state index is 13.5. The molecule has 6 nitrogen and oxygen atoms in total. The third kappa shape index (κ3) is 4.28. The molecular formula is C21H27F2N3O3. The van der Waals surface area contributed by atoms with Crippen molar-refractivity contribution in [1.29, 1.82) is 0 Å². The lowest BCUT2D eigenvalue weighted by atomic mass is 9.78. The molecule has 1 aromatic carbocycles. The minimum Gasteiger partial charge on any atom is -0.378 e. The number of carbonyl (C=O) groups excluding carboxylic acids is 2. The van der Waals surface area contributed by atoms with Gasteiger partial charge in [-0.15, -0.1) is 0 Å². The molecule has 3 fully saturated rings. The number of piperidine rings is 1. The van der Waals surface area contributed by atoms with E-state index in [4.69, 9.17) is 4.74 Å². The molecule has 3 heterocycles. The van der Waals surface area contributed by atoms with Crippen LogP contribution >= 0.6 is 0 Å². The van der Waals surface area contributed by atoms with Crippen LogP contribution in [0.2, 0.25) is 0 Å². The van der Waals surface area contributed by atoms with Gasteiger partial charge in [-0.05, 0) is 43.5 Å². The lowest BCUT2D eigenvalue weighted by Crippen LogP contribution is -2.50. The van der Waals surface area contributed by atoms with Crippen molar-refractivity contribution < 1.29 is 23.1 Å². The Hall–Kier alpha value is -2.06. The highest BCUT2D eigenvalue weighted by Crippen LogP contribution is 2.40. The minimum absolute atomic E-state index is 0.0646. The fourth-order valence-electron chi connectivity index (χ4n) is 4.74. The topological polar surface area (TPSA) is 53.1 Å². The van der Waals surface area contributed by atoms with E-state index in [1.54, 1.807) is 4.90 Å². The second-order valence-corrected chi connectivity index (χ2v) is 8.31. The molecule has 8 heteroatoms. The molecule has 1 atom stereocenters. The molecule has 4 rings (SSSR count). The first kappa shape index (κ1) is 20.2. The first-order valence-electron chi connectivity index (χ1n) is 10.3. The van der Waals surface area contributed by atoms with Gasteiger partial charge < -0.3 is 14.5 Å². The predicted octanol–water partition coefficient (Wildman–Crippen LogP) is 1.64. The number of ether oxygens (including phenoxy) is 1. The molecule has 1 unspecified atom stereocenters. The van der Waals surface area contributed by atoms with Crippen molar-refractivity contribution in [2.24, 2.45) is 5.41 Å². The Kier molecular flexibility index (Phi) is 5.83. The molecule has 2 amide bonds. The molecule has 29 heavy (non-hydrogen) atoms. The number of rotatable bonds is 4. The van der Waals surface area contributed by atoms with E-state index in [1.807, 2.05) is 4.90 Å². The summed E-state index contributed by atoms with van der Waals surface area (Å²) >= 11 is 0. The first-order chi connectivity index (χ1) is 14.0. The molecule has 3 aliphatic rings. The van der Waals surface area contributed by atoms with Gasteiger partial charge in [0.15, 0.2) is 11.6 Å². The van der Waals surface area contributed by atoms with Gasteiger partial charge in [-0.25, -0.2) is 8.78 Å². The number of likely N-dealkylation sites (tertiary alicyclic amines) is 2. The van der Waals surface area contributed by atoms with E-state index in [9.17, 15) is 18.4 Å². The van der Waals surface area contributed by atoms with Crippen LogP contribution in [0.15, 0.2) is 18.2 Å². The third-order valence-corrected chi connectivity index (χ3v) is 6.34. The van der Waals surface area contributed by atoms with E-state index >= 15 is 0 Å². The largest absolute Gasteiger partial charge is 0.378 e. The SMILES string of the molecule is O=C(CN1CCC2(CCCN(Cc3ccc(F)c(F)c3)C2=O)C1)N1CCOCC1. The van der Waals surface area contributed by atoms with E-state index < -0.39 is 17.0 Å². The van der Waals surface area contributed by atoms with Crippen LogP contribution in [0.1, 0.15) is 24.8 Å². The highest BCUT2D eigenvalue weighted by molar-refractivity contribution is 5.84. The Morgan fingerprint density at radius 1 is 1.07 bits per heavy atom. The standard InChI is InChI=1S/C21H27F2N3O3/c22-17-3-2-16(12-18(17)23)13-26-6-1-4-21(20(26)28)5-7-24(15-21)14-19(27)25-8-10-29-11-9-25/h2-3,12H,1,4-11,13-15H2. The highest BCUT2D eigenvalue weighted by Gasteiger charge is 2.48. The fraction of sp³-hybridized carbons (Fsp3) is 0.619. The monoisotopic (exact) mass is 407 g/mol. The normalized spacial score (nSPS) is 25.8. The number of amides is 2. The molecule has 3 saturated heterocycles. The number of nitrogens with zero attached hydrogens (tertiary/aromatic N) is 3. The Balaban J connectivity index is 1.38. The maximum Gasteiger partial charge on any atom is 0.236 e. The summed E-state index contributed by atoms with van der Waals surface area (Å²) in [5.74, 6) is -1.62. The second kappa shape index (κ2) is 8.36. The second-order valence-electron chi connectivity index (χ2n) is 8.31. The summed E-state index contributed by atoms with van der Waals surface area (Å²) in [6.45, 7) is 4.93. The molecule has 0 saturated carbocycles. The van der Waals surface area contributed by atoms with Crippen LogP contribution < -0.4 is 0 Å². The van der Waals surface area contributed by atoms with Crippen molar-refractivity contribution in [2.45, 2.75) is 25.8 Å².